The van der Waals surface area contributed by atoms with Crippen molar-refractivity contribution in [1.82, 2.24) is 19.5 Å². The molecular formula is C12H19N5O2S2. The van der Waals surface area contributed by atoms with Crippen molar-refractivity contribution < 1.29 is 8.42 Å². The van der Waals surface area contributed by atoms with Crippen LogP contribution in [0.25, 0.3) is 0 Å². The minimum absolute atomic E-state index is 0.000538. The van der Waals surface area contributed by atoms with E-state index in [1.807, 2.05) is 6.92 Å². The molecule has 7 nitrogen and oxygen atoms in total. The number of nitrogens with one attached hydrogen (secondary N) is 1. The van der Waals surface area contributed by atoms with Crippen LogP contribution in [0.3, 0.4) is 0 Å². The van der Waals surface area contributed by atoms with E-state index in [9.17, 15) is 8.42 Å². The van der Waals surface area contributed by atoms with Crippen LogP contribution in [-0.4, -0.2) is 23.2 Å². The summed E-state index contributed by atoms with van der Waals surface area (Å²) in [5, 5.41) is 6.51. The van der Waals surface area contributed by atoms with Crippen LogP contribution in [0, 0.1) is 0 Å². The average Bonchev–Trinajstić information content (AvgIpc) is 2.98. The van der Waals surface area contributed by atoms with Crippen LogP contribution in [0.5, 0.6) is 0 Å². The zero-order chi connectivity index (χ0) is 15.7. The van der Waals surface area contributed by atoms with Crippen LogP contribution in [0.15, 0.2) is 22.7 Å². The van der Waals surface area contributed by atoms with E-state index in [4.69, 9.17) is 5.73 Å². The largest absolute Gasteiger partial charge is 0.381 e. The Morgan fingerprint density at radius 3 is 2.76 bits per heavy atom. The van der Waals surface area contributed by atoms with Gasteiger partial charge in [-0.25, -0.2) is 13.4 Å². The summed E-state index contributed by atoms with van der Waals surface area (Å²) in [6.45, 7) is 6.12. The van der Waals surface area contributed by atoms with Gasteiger partial charge in [-0.2, -0.15) is 9.82 Å². The van der Waals surface area contributed by atoms with E-state index in [0.29, 0.717) is 11.6 Å². The molecular weight excluding hydrogens is 310 g/mol. The standard InChI is InChI=1S/C12H19N5O2S2/c1-4-6-17-8-9(10(13)15-17)21(18,19)16-12(2,3)11-14-5-7-20-11/h5,7-8,16H,4,6H2,1-3H3,(H2,13,15). The highest BCUT2D eigenvalue weighted by Crippen LogP contribution is 2.26. The quantitative estimate of drug-likeness (QED) is 0.837. The molecule has 21 heavy (non-hydrogen) atoms. The van der Waals surface area contributed by atoms with Crippen molar-refractivity contribution in [2.75, 3.05) is 5.73 Å². The lowest BCUT2D eigenvalue weighted by Gasteiger charge is -2.23. The first-order chi connectivity index (χ1) is 9.76. The van der Waals surface area contributed by atoms with Gasteiger partial charge in [0, 0.05) is 24.3 Å². The van der Waals surface area contributed by atoms with Gasteiger partial charge in [-0.15, -0.1) is 11.3 Å². The Kier molecular flexibility index (Phi) is 4.35. The summed E-state index contributed by atoms with van der Waals surface area (Å²) in [5.74, 6) is 0.00545. The van der Waals surface area contributed by atoms with Crippen LogP contribution in [0.4, 0.5) is 5.82 Å². The van der Waals surface area contributed by atoms with Crippen LogP contribution in [-0.2, 0) is 22.1 Å². The van der Waals surface area contributed by atoms with E-state index in [-0.39, 0.29) is 10.7 Å². The molecule has 0 aliphatic rings. The molecule has 0 aromatic carbocycles. The lowest BCUT2D eigenvalue weighted by molar-refractivity contribution is 0.470. The lowest BCUT2D eigenvalue weighted by Crippen LogP contribution is -2.40. The topological polar surface area (TPSA) is 103 Å². The first kappa shape index (κ1) is 15.9. The Morgan fingerprint density at radius 2 is 2.19 bits per heavy atom. The highest BCUT2D eigenvalue weighted by Gasteiger charge is 2.32. The van der Waals surface area contributed by atoms with Crippen molar-refractivity contribution in [2.24, 2.45) is 0 Å². The molecule has 0 radical (unpaired) electrons. The van der Waals surface area contributed by atoms with Gasteiger partial charge >= 0.3 is 0 Å². The number of nitrogens with two attached hydrogens (primary N) is 1. The van der Waals surface area contributed by atoms with Crippen LogP contribution in [0.1, 0.15) is 32.2 Å². The van der Waals surface area contributed by atoms with Gasteiger partial charge in [-0.1, -0.05) is 6.92 Å². The Morgan fingerprint density at radius 1 is 1.48 bits per heavy atom. The molecule has 2 aromatic rings. The number of aromatic nitrogens is 3. The summed E-state index contributed by atoms with van der Waals surface area (Å²) in [7, 11) is -3.76. The highest BCUT2D eigenvalue weighted by molar-refractivity contribution is 7.89. The summed E-state index contributed by atoms with van der Waals surface area (Å²) in [4.78, 5) is 4.16. The normalized spacial score (nSPS) is 12.7. The van der Waals surface area contributed by atoms with Crippen LogP contribution in [0.2, 0.25) is 0 Å². The number of nitrogen functional groups attached to an aromatic ring is 1. The molecule has 0 atom stereocenters. The number of sulfonamides is 1. The van der Waals surface area contributed by atoms with E-state index in [1.165, 1.54) is 17.5 Å². The Labute approximate surface area is 128 Å². The fourth-order valence-electron chi connectivity index (χ4n) is 1.94. The fourth-order valence-corrected chi connectivity index (χ4v) is 4.17. The SMILES string of the molecule is CCCn1cc(S(=O)(=O)NC(C)(C)c2nccs2)c(N)n1. The monoisotopic (exact) mass is 329 g/mol. The molecule has 116 valence electrons. The fraction of sp³-hybridized carbons (Fsp3) is 0.500. The predicted molar refractivity (Wildman–Crippen MR) is 82.4 cm³/mol. The summed E-state index contributed by atoms with van der Waals surface area (Å²) < 4.78 is 29.2. The van der Waals surface area contributed by atoms with Gasteiger partial charge in [-0.3, -0.25) is 4.68 Å². The molecule has 0 saturated carbocycles. The Bertz CT molecular complexity index is 704. The zero-order valence-electron chi connectivity index (χ0n) is 12.2. The molecule has 0 aliphatic heterocycles. The number of hydrogen-bond donors (Lipinski definition) is 2. The molecule has 3 N–H and O–H groups in total. The molecule has 0 amide bonds. The van der Waals surface area contributed by atoms with Crippen molar-refractivity contribution in [2.45, 2.75) is 44.2 Å². The van der Waals surface area contributed by atoms with E-state index in [1.54, 1.807) is 30.1 Å². The molecule has 2 rings (SSSR count). The maximum absolute atomic E-state index is 12.5. The minimum Gasteiger partial charge on any atom is -0.381 e. The first-order valence-electron chi connectivity index (χ1n) is 6.53. The number of hydrogen-bond acceptors (Lipinski definition) is 6. The molecule has 0 aliphatic carbocycles. The van der Waals surface area contributed by atoms with Gasteiger partial charge in [0.1, 0.15) is 9.90 Å². The van der Waals surface area contributed by atoms with Gasteiger partial charge in [0.2, 0.25) is 10.0 Å². The van der Waals surface area contributed by atoms with E-state index >= 15 is 0 Å². The third-order valence-electron chi connectivity index (χ3n) is 2.85. The predicted octanol–water partition coefficient (Wildman–Crippen LogP) is 1.55. The number of nitrogens with zero attached hydrogens (tertiary/aromatic N) is 3. The van der Waals surface area contributed by atoms with Crippen LogP contribution < -0.4 is 10.5 Å². The smallest absolute Gasteiger partial charge is 0.246 e. The van der Waals surface area contributed by atoms with E-state index < -0.39 is 15.6 Å². The van der Waals surface area contributed by atoms with Crippen LogP contribution >= 0.6 is 11.3 Å². The molecule has 0 spiro atoms. The number of thiazole rings is 1. The zero-order valence-corrected chi connectivity index (χ0v) is 13.8. The first-order valence-corrected chi connectivity index (χ1v) is 8.89. The molecule has 2 aromatic heterocycles. The third kappa shape index (κ3) is 3.42. The Hall–Kier alpha value is -1.45. The van der Waals surface area contributed by atoms with Gasteiger partial charge < -0.3 is 5.73 Å². The highest BCUT2D eigenvalue weighted by atomic mass is 32.2. The van der Waals surface area contributed by atoms with Crippen molar-refractivity contribution >= 4 is 27.2 Å². The number of rotatable bonds is 6. The van der Waals surface area contributed by atoms with Gasteiger partial charge in [-0.05, 0) is 20.3 Å². The average molecular weight is 329 g/mol. The second-order valence-corrected chi connectivity index (χ2v) is 7.75. The van der Waals surface area contributed by atoms with Crippen molar-refractivity contribution in [3.05, 3.63) is 22.8 Å². The molecule has 2 heterocycles. The molecule has 9 heteroatoms. The maximum atomic E-state index is 12.5. The van der Waals surface area contributed by atoms with Crippen molar-refractivity contribution in [3.8, 4) is 0 Å². The Balaban J connectivity index is 2.30. The lowest BCUT2D eigenvalue weighted by atomic mass is 10.1. The number of aryl methyl sites for hydroxylation is 1. The van der Waals surface area contributed by atoms with Gasteiger partial charge in [0.05, 0.1) is 5.54 Å². The third-order valence-corrected chi connectivity index (χ3v) is 5.62. The molecule has 0 fully saturated rings. The van der Waals surface area contributed by atoms with E-state index in [2.05, 4.69) is 14.8 Å². The summed E-state index contributed by atoms with van der Waals surface area (Å²) >= 11 is 1.39. The van der Waals surface area contributed by atoms with Gasteiger partial charge in [0.15, 0.2) is 5.82 Å². The van der Waals surface area contributed by atoms with Crippen molar-refractivity contribution in [3.63, 3.8) is 0 Å². The summed E-state index contributed by atoms with van der Waals surface area (Å²) in [5.41, 5.74) is 4.92. The van der Waals surface area contributed by atoms with Gasteiger partial charge in [0.25, 0.3) is 0 Å². The summed E-state index contributed by atoms with van der Waals surface area (Å²) in [6, 6.07) is 0. The minimum atomic E-state index is -3.76. The molecule has 0 unspecified atom stereocenters. The summed E-state index contributed by atoms with van der Waals surface area (Å²) in [6.07, 6.45) is 3.95. The second-order valence-electron chi connectivity index (χ2n) is 5.21. The molecule has 0 saturated heterocycles. The van der Waals surface area contributed by atoms with Crippen molar-refractivity contribution in [1.29, 1.82) is 0 Å². The maximum Gasteiger partial charge on any atom is 0.246 e. The van der Waals surface area contributed by atoms with E-state index in [0.717, 1.165) is 6.42 Å². The molecule has 0 bridgehead atoms. The second kappa shape index (κ2) is 5.74. The number of anilines is 1.